The molecule has 0 aliphatic heterocycles. The van der Waals surface area contributed by atoms with Gasteiger partial charge in [-0.25, -0.2) is 4.79 Å². The molecule has 0 unspecified atom stereocenters. The van der Waals surface area contributed by atoms with Gasteiger partial charge in [0.2, 0.25) is 35.4 Å². The lowest BCUT2D eigenvalue weighted by Crippen LogP contribution is -2.58. The van der Waals surface area contributed by atoms with Gasteiger partial charge in [-0.2, -0.15) is 0 Å². The number of carboxylic acids is 1. The Labute approximate surface area is 322 Å². The molecule has 55 heavy (non-hydrogen) atoms. The molecule has 0 radical (unpaired) electrons. The number of carbonyl (C=O) groups excluding carboxylic acids is 6. The fourth-order valence-electron chi connectivity index (χ4n) is 5.25. The third-order valence-corrected chi connectivity index (χ3v) is 7.80. The summed E-state index contributed by atoms with van der Waals surface area (Å²) in [5.41, 5.74) is 26.9. The van der Waals surface area contributed by atoms with Crippen molar-refractivity contribution in [3.63, 3.8) is 0 Å². The molecule has 0 aromatic rings. The van der Waals surface area contributed by atoms with Crippen LogP contribution < -0.4 is 60.6 Å². The van der Waals surface area contributed by atoms with E-state index in [0.29, 0.717) is 6.42 Å². The van der Waals surface area contributed by atoms with Crippen molar-refractivity contribution in [2.45, 2.75) is 117 Å². The topological polar surface area (TPSA) is 367 Å². The predicted octanol–water partition coefficient (Wildman–Crippen LogP) is -3.18. The number of nitrogens with one attached hydrogen (secondary N) is 6. The molecule has 0 aliphatic rings. The van der Waals surface area contributed by atoms with Crippen LogP contribution in [0.2, 0.25) is 0 Å². The molecule has 17 N–H and O–H groups in total. The van der Waals surface area contributed by atoms with Crippen molar-refractivity contribution in [1.29, 1.82) is 0 Å². The molecular formula is C34H65N13O8. The predicted molar refractivity (Wildman–Crippen MR) is 208 cm³/mol. The number of nitrogens with zero attached hydrogens (tertiary/aromatic N) is 2. The Kier molecular flexibility index (Phi) is 24.0. The summed E-state index contributed by atoms with van der Waals surface area (Å²) >= 11 is 0. The van der Waals surface area contributed by atoms with E-state index in [1.54, 1.807) is 0 Å². The quantitative estimate of drug-likeness (QED) is 0.0222. The molecule has 0 heterocycles. The van der Waals surface area contributed by atoms with Crippen molar-refractivity contribution in [2.24, 2.45) is 56.4 Å². The molecule has 314 valence electrons. The highest BCUT2D eigenvalue weighted by atomic mass is 16.4. The van der Waals surface area contributed by atoms with Crippen LogP contribution in [0.4, 0.5) is 0 Å². The average Bonchev–Trinajstić information content (AvgIpc) is 3.07. The second-order valence-corrected chi connectivity index (χ2v) is 14.5. The number of carbonyl (C=O) groups is 7. The van der Waals surface area contributed by atoms with Crippen LogP contribution in [0.1, 0.15) is 86.5 Å². The Balaban J connectivity index is 6.04. The fraction of sp³-hybridized carbons (Fsp3) is 0.735. The molecule has 21 nitrogen and oxygen atoms in total. The number of aliphatic carboxylic acids is 1. The van der Waals surface area contributed by atoms with E-state index in [9.17, 15) is 38.7 Å². The minimum Gasteiger partial charge on any atom is -0.480 e. The van der Waals surface area contributed by atoms with Crippen LogP contribution >= 0.6 is 0 Å². The van der Waals surface area contributed by atoms with Crippen molar-refractivity contribution >= 4 is 53.3 Å². The molecular weight excluding hydrogens is 718 g/mol. The van der Waals surface area contributed by atoms with Crippen LogP contribution in [0.15, 0.2) is 9.98 Å². The fourth-order valence-corrected chi connectivity index (χ4v) is 5.25. The Morgan fingerprint density at radius 1 is 0.527 bits per heavy atom. The Hall–Kier alpha value is -5.21. The van der Waals surface area contributed by atoms with E-state index in [4.69, 9.17) is 28.7 Å². The van der Waals surface area contributed by atoms with Gasteiger partial charge in [-0.05, 0) is 62.7 Å². The van der Waals surface area contributed by atoms with Crippen molar-refractivity contribution in [1.82, 2.24) is 31.9 Å². The Morgan fingerprint density at radius 3 is 1.31 bits per heavy atom. The number of amides is 6. The summed E-state index contributed by atoms with van der Waals surface area (Å²) in [6.07, 6.45) is 1.24. The first-order valence-corrected chi connectivity index (χ1v) is 18.5. The Morgan fingerprint density at radius 2 is 0.891 bits per heavy atom. The van der Waals surface area contributed by atoms with Gasteiger partial charge in [-0.1, -0.05) is 41.5 Å². The smallest absolute Gasteiger partial charge is 0.326 e. The third kappa shape index (κ3) is 23.2. The monoisotopic (exact) mass is 784 g/mol. The molecule has 0 aliphatic carbocycles. The largest absolute Gasteiger partial charge is 0.480 e. The first-order chi connectivity index (χ1) is 25.7. The molecule has 0 rings (SSSR count). The summed E-state index contributed by atoms with van der Waals surface area (Å²) < 4.78 is 0. The maximum atomic E-state index is 13.7. The number of carboxylic acid groups (broad SMARTS) is 1. The Bertz CT molecular complexity index is 1330. The van der Waals surface area contributed by atoms with Crippen LogP contribution in [0.5, 0.6) is 0 Å². The van der Waals surface area contributed by atoms with E-state index in [2.05, 4.69) is 41.9 Å². The zero-order chi connectivity index (χ0) is 42.2. The summed E-state index contributed by atoms with van der Waals surface area (Å²) in [4.78, 5) is 98.2. The maximum absolute atomic E-state index is 13.7. The minimum atomic E-state index is -1.22. The number of guanidine groups is 2. The highest BCUT2D eigenvalue weighted by molar-refractivity contribution is 5.96. The molecule has 21 heteroatoms. The van der Waals surface area contributed by atoms with E-state index < -0.39 is 78.2 Å². The van der Waals surface area contributed by atoms with E-state index >= 15 is 0 Å². The molecule has 0 bridgehead atoms. The van der Waals surface area contributed by atoms with Crippen LogP contribution in [0, 0.1) is 17.8 Å². The first kappa shape index (κ1) is 49.8. The van der Waals surface area contributed by atoms with Crippen LogP contribution in [0.25, 0.3) is 0 Å². The molecule has 0 spiro atoms. The second kappa shape index (κ2) is 26.5. The molecule has 5 atom stereocenters. The van der Waals surface area contributed by atoms with Gasteiger partial charge >= 0.3 is 5.97 Å². The van der Waals surface area contributed by atoms with Gasteiger partial charge in [-0.3, -0.25) is 38.8 Å². The van der Waals surface area contributed by atoms with Crippen molar-refractivity contribution in [3.05, 3.63) is 0 Å². The van der Waals surface area contributed by atoms with Gasteiger partial charge < -0.3 is 65.7 Å². The number of rotatable bonds is 27. The SMILES string of the molecule is CC(C)C[C@H](NC(=O)[C@H](CC(C)C)NC(=O)[C@H](CCCN=C(N)N)NC(=O)[C@H](CC(C)C)NC(=O)CNC(=O)[C@H](CCCN=C(N)N)NC(=O)CN)C(=O)O. The highest BCUT2D eigenvalue weighted by Crippen LogP contribution is 2.11. The first-order valence-electron chi connectivity index (χ1n) is 18.5. The van der Waals surface area contributed by atoms with Gasteiger partial charge in [0.25, 0.3) is 0 Å². The molecule has 6 amide bonds. The zero-order valence-electron chi connectivity index (χ0n) is 33.0. The lowest BCUT2D eigenvalue weighted by Gasteiger charge is -2.27. The van der Waals surface area contributed by atoms with Crippen molar-refractivity contribution < 1.29 is 38.7 Å². The summed E-state index contributed by atoms with van der Waals surface area (Å²) in [6.45, 7) is 10.3. The average molecular weight is 784 g/mol. The molecule has 0 aromatic heterocycles. The lowest BCUT2D eigenvalue weighted by molar-refractivity contribution is -0.143. The normalized spacial score (nSPS) is 13.7. The summed E-state index contributed by atoms with van der Waals surface area (Å²) in [5, 5.41) is 25.0. The van der Waals surface area contributed by atoms with Crippen molar-refractivity contribution in [3.8, 4) is 0 Å². The third-order valence-electron chi connectivity index (χ3n) is 7.80. The van der Waals surface area contributed by atoms with Crippen LogP contribution in [-0.4, -0.2) is 115 Å². The van der Waals surface area contributed by atoms with Gasteiger partial charge in [0.1, 0.15) is 30.2 Å². The van der Waals surface area contributed by atoms with E-state index in [-0.39, 0.29) is 87.8 Å². The molecule has 0 aromatic carbocycles. The van der Waals surface area contributed by atoms with E-state index in [0.717, 1.165) is 0 Å². The lowest BCUT2D eigenvalue weighted by atomic mass is 9.99. The molecule has 0 saturated heterocycles. The standard InChI is InChI=1S/C34H65N13O8/c1-18(2)13-23(44-27(49)17-42-28(50)21(43-26(48)16-35)9-7-11-40-33(36)37)30(52)45-22(10-8-12-41-34(38)39)29(51)46-24(14-19(3)4)31(53)47-25(32(54)55)15-20(5)6/h18-25H,7-17,35H2,1-6H3,(H,42,50)(H,43,48)(H,44,49)(H,45,52)(H,46,51)(H,47,53)(H,54,55)(H4,36,37,40)(H4,38,39,41)/t21-,22-,23-,24-,25-/m0/s1. The van der Waals surface area contributed by atoms with Gasteiger partial charge in [-0.15, -0.1) is 0 Å². The minimum absolute atomic E-state index is 0.0336. The number of hydrogen-bond donors (Lipinski definition) is 12. The van der Waals surface area contributed by atoms with E-state index in [1.165, 1.54) is 0 Å². The van der Waals surface area contributed by atoms with Gasteiger partial charge in [0.15, 0.2) is 11.9 Å². The molecule has 0 fully saturated rings. The van der Waals surface area contributed by atoms with Crippen LogP contribution in [0.3, 0.4) is 0 Å². The second-order valence-electron chi connectivity index (χ2n) is 14.5. The summed E-state index contributed by atoms with van der Waals surface area (Å²) in [7, 11) is 0. The summed E-state index contributed by atoms with van der Waals surface area (Å²) in [5.74, 6) is -5.85. The maximum Gasteiger partial charge on any atom is 0.326 e. The number of nitrogens with two attached hydrogens (primary N) is 5. The number of hydrogen-bond acceptors (Lipinski definition) is 10. The number of aliphatic imine (C=N–C) groups is 2. The molecule has 0 saturated carbocycles. The summed E-state index contributed by atoms with van der Waals surface area (Å²) in [6, 6.07) is -5.71. The van der Waals surface area contributed by atoms with Crippen LogP contribution in [-0.2, 0) is 33.6 Å². The van der Waals surface area contributed by atoms with Gasteiger partial charge in [0, 0.05) is 13.1 Å². The van der Waals surface area contributed by atoms with Gasteiger partial charge in [0.05, 0.1) is 13.1 Å². The van der Waals surface area contributed by atoms with Crippen molar-refractivity contribution in [2.75, 3.05) is 26.2 Å². The zero-order valence-corrected chi connectivity index (χ0v) is 33.0. The highest BCUT2D eigenvalue weighted by Gasteiger charge is 2.32. The van der Waals surface area contributed by atoms with E-state index in [1.807, 2.05) is 41.5 Å².